The van der Waals surface area contributed by atoms with Crippen molar-refractivity contribution in [2.45, 2.75) is 24.2 Å². The van der Waals surface area contributed by atoms with Gasteiger partial charge in [0.2, 0.25) is 5.56 Å². The Kier molecular flexibility index (Phi) is 4.26. The minimum Gasteiger partial charge on any atom is -0.329 e. The largest absolute Gasteiger partial charge is 0.329 e. The van der Waals surface area contributed by atoms with Crippen LogP contribution in [-0.2, 0) is 6.42 Å². The van der Waals surface area contributed by atoms with E-state index in [1.54, 1.807) is 17.8 Å². The van der Waals surface area contributed by atoms with E-state index in [-0.39, 0.29) is 5.56 Å². The summed E-state index contributed by atoms with van der Waals surface area (Å²) in [6.45, 7) is 2.18. The van der Waals surface area contributed by atoms with Gasteiger partial charge in [-0.3, -0.25) is 4.79 Å². The van der Waals surface area contributed by atoms with Crippen molar-refractivity contribution < 1.29 is 0 Å². The second-order valence-corrected chi connectivity index (χ2v) is 5.32. The van der Waals surface area contributed by atoms with Crippen LogP contribution in [-0.4, -0.2) is 11.2 Å². The van der Waals surface area contributed by atoms with Gasteiger partial charge in [0.1, 0.15) is 0 Å². The predicted octanol–water partition coefficient (Wildman–Crippen LogP) is 3.44. The first-order chi connectivity index (χ1) is 8.69. The quantitative estimate of drug-likeness (QED) is 0.853. The van der Waals surface area contributed by atoms with Gasteiger partial charge in [0.15, 0.2) is 0 Å². The summed E-state index contributed by atoms with van der Waals surface area (Å²) in [5.41, 5.74) is 2.45. The van der Waals surface area contributed by atoms with Crippen LogP contribution in [0.5, 0.6) is 0 Å². The zero-order chi connectivity index (χ0) is 13.0. The van der Waals surface area contributed by atoms with Gasteiger partial charge in [-0.15, -0.1) is 11.8 Å². The zero-order valence-electron chi connectivity index (χ0n) is 10.6. The maximum atomic E-state index is 11.0. The Morgan fingerprint density at radius 1 is 1.17 bits per heavy atom. The van der Waals surface area contributed by atoms with E-state index >= 15 is 0 Å². The molecule has 0 radical (unpaired) electrons. The average molecular weight is 259 g/mol. The molecule has 0 amide bonds. The highest BCUT2D eigenvalue weighted by Crippen LogP contribution is 2.21. The number of nitrogens with one attached hydrogen (secondary N) is 1. The number of aromatic nitrogens is 1. The average Bonchev–Trinajstić information content (AvgIpc) is 2.40. The van der Waals surface area contributed by atoms with Crippen LogP contribution in [0.3, 0.4) is 0 Å². The van der Waals surface area contributed by atoms with E-state index in [1.807, 2.05) is 12.3 Å². The molecule has 0 aliphatic heterocycles. The molecule has 1 heterocycles. The number of thioether (sulfide) groups is 1. The fourth-order valence-corrected chi connectivity index (χ4v) is 2.37. The molecule has 1 unspecified atom stereocenters. The molecule has 0 spiro atoms. The fraction of sp³-hybridized carbons (Fsp3) is 0.267. The van der Waals surface area contributed by atoms with Gasteiger partial charge in [0.25, 0.3) is 0 Å². The summed E-state index contributed by atoms with van der Waals surface area (Å²) >= 11 is 1.75. The first-order valence-electron chi connectivity index (χ1n) is 6.00. The highest BCUT2D eigenvalue weighted by molar-refractivity contribution is 7.98. The molecule has 1 atom stereocenters. The minimum atomic E-state index is -0.0460. The van der Waals surface area contributed by atoms with Crippen LogP contribution in [0, 0.1) is 0 Å². The van der Waals surface area contributed by atoms with E-state index in [0.29, 0.717) is 5.92 Å². The van der Waals surface area contributed by atoms with Crippen molar-refractivity contribution in [1.29, 1.82) is 0 Å². The smallest absolute Gasteiger partial charge is 0.247 e. The van der Waals surface area contributed by atoms with E-state index < -0.39 is 0 Å². The molecule has 0 aliphatic carbocycles. The minimum absolute atomic E-state index is 0.0460. The Hall–Kier alpha value is -1.48. The Morgan fingerprint density at radius 3 is 2.44 bits per heavy atom. The van der Waals surface area contributed by atoms with Crippen LogP contribution in [0.15, 0.2) is 52.3 Å². The van der Waals surface area contributed by atoms with Gasteiger partial charge in [-0.1, -0.05) is 25.1 Å². The molecule has 0 fully saturated rings. The van der Waals surface area contributed by atoms with E-state index in [0.717, 1.165) is 6.42 Å². The second-order valence-electron chi connectivity index (χ2n) is 4.44. The maximum absolute atomic E-state index is 11.0. The lowest BCUT2D eigenvalue weighted by Crippen LogP contribution is -2.06. The topological polar surface area (TPSA) is 32.9 Å². The summed E-state index contributed by atoms with van der Waals surface area (Å²) in [7, 11) is 0. The zero-order valence-corrected chi connectivity index (χ0v) is 11.5. The maximum Gasteiger partial charge on any atom is 0.247 e. The monoisotopic (exact) mass is 259 g/mol. The van der Waals surface area contributed by atoms with E-state index in [2.05, 4.69) is 42.4 Å². The van der Waals surface area contributed by atoms with Crippen molar-refractivity contribution in [2.75, 3.05) is 6.26 Å². The van der Waals surface area contributed by atoms with Gasteiger partial charge in [-0.25, -0.2) is 0 Å². The molecule has 0 bridgehead atoms. The van der Waals surface area contributed by atoms with Gasteiger partial charge in [0.05, 0.1) is 0 Å². The first-order valence-corrected chi connectivity index (χ1v) is 7.23. The van der Waals surface area contributed by atoms with Gasteiger partial charge in [-0.05, 0) is 41.9 Å². The van der Waals surface area contributed by atoms with E-state index in [9.17, 15) is 4.79 Å². The highest BCUT2D eigenvalue weighted by Gasteiger charge is 2.06. The molecule has 1 aromatic heterocycles. The SMILES string of the molecule is CSc1ccc(CC(C)c2ccc(=O)[nH]c2)cc1. The molecule has 1 aromatic carbocycles. The van der Waals surface area contributed by atoms with Gasteiger partial charge in [-0.2, -0.15) is 0 Å². The van der Waals surface area contributed by atoms with Crippen LogP contribution in [0.25, 0.3) is 0 Å². The molecular weight excluding hydrogens is 242 g/mol. The number of H-pyrrole nitrogens is 1. The third kappa shape index (κ3) is 3.26. The van der Waals surface area contributed by atoms with Gasteiger partial charge in [0, 0.05) is 17.2 Å². The molecule has 1 N–H and O–H groups in total. The lowest BCUT2D eigenvalue weighted by molar-refractivity contribution is 0.753. The Morgan fingerprint density at radius 2 is 1.89 bits per heavy atom. The summed E-state index contributed by atoms with van der Waals surface area (Å²) in [5.74, 6) is 0.405. The van der Waals surface area contributed by atoms with E-state index in [1.165, 1.54) is 16.0 Å². The lowest BCUT2D eigenvalue weighted by Gasteiger charge is -2.11. The van der Waals surface area contributed by atoms with E-state index in [4.69, 9.17) is 0 Å². The van der Waals surface area contributed by atoms with Crippen molar-refractivity contribution in [3.63, 3.8) is 0 Å². The third-order valence-electron chi connectivity index (χ3n) is 3.08. The number of aromatic amines is 1. The third-order valence-corrected chi connectivity index (χ3v) is 3.82. The van der Waals surface area contributed by atoms with Crippen LogP contribution in [0.4, 0.5) is 0 Å². The number of rotatable bonds is 4. The van der Waals surface area contributed by atoms with Crippen molar-refractivity contribution in [3.05, 3.63) is 64.1 Å². The molecule has 3 heteroatoms. The predicted molar refractivity (Wildman–Crippen MR) is 77.4 cm³/mol. The highest BCUT2D eigenvalue weighted by atomic mass is 32.2. The van der Waals surface area contributed by atoms with Crippen LogP contribution in [0.1, 0.15) is 24.0 Å². The number of benzene rings is 1. The number of hydrogen-bond donors (Lipinski definition) is 1. The summed E-state index contributed by atoms with van der Waals surface area (Å²) in [4.78, 5) is 15.0. The van der Waals surface area contributed by atoms with Crippen LogP contribution < -0.4 is 5.56 Å². The van der Waals surface area contributed by atoms with Crippen molar-refractivity contribution in [2.24, 2.45) is 0 Å². The second kappa shape index (κ2) is 5.91. The molecular formula is C15H17NOS. The first kappa shape index (κ1) is 13.0. The van der Waals surface area contributed by atoms with Crippen LogP contribution >= 0.6 is 11.8 Å². The molecule has 18 heavy (non-hydrogen) atoms. The van der Waals surface area contributed by atoms with Crippen LogP contribution in [0.2, 0.25) is 0 Å². The van der Waals surface area contributed by atoms with Crippen molar-refractivity contribution in [1.82, 2.24) is 4.98 Å². The van der Waals surface area contributed by atoms with Crippen molar-refractivity contribution in [3.8, 4) is 0 Å². The lowest BCUT2D eigenvalue weighted by atomic mass is 9.95. The van der Waals surface area contributed by atoms with Crippen molar-refractivity contribution >= 4 is 11.8 Å². The molecule has 2 aromatic rings. The molecule has 94 valence electrons. The summed E-state index contributed by atoms with van der Waals surface area (Å²) in [6.07, 6.45) is 4.88. The Bertz CT molecular complexity index is 539. The standard InChI is InChI=1S/C15H17NOS/c1-11(13-5-8-15(17)16-10-13)9-12-3-6-14(18-2)7-4-12/h3-8,10-11H,9H2,1-2H3,(H,16,17). The molecule has 0 saturated heterocycles. The number of pyridine rings is 1. The molecule has 2 nitrogen and oxygen atoms in total. The van der Waals surface area contributed by atoms with Gasteiger partial charge < -0.3 is 4.98 Å². The fourth-order valence-electron chi connectivity index (χ4n) is 1.96. The summed E-state index contributed by atoms with van der Waals surface area (Å²) in [6, 6.07) is 12.1. The molecule has 0 saturated carbocycles. The number of hydrogen-bond acceptors (Lipinski definition) is 2. The van der Waals surface area contributed by atoms with Gasteiger partial charge >= 0.3 is 0 Å². The summed E-state index contributed by atoms with van der Waals surface area (Å²) in [5, 5.41) is 0. The Labute approximate surface area is 111 Å². The normalized spacial score (nSPS) is 12.3. The molecule has 2 rings (SSSR count). The summed E-state index contributed by atoms with van der Waals surface area (Å²) < 4.78 is 0. The molecule has 0 aliphatic rings. The Balaban J connectivity index is 2.08.